The van der Waals surface area contributed by atoms with Crippen LogP contribution in [0.2, 0.25) is 0 Å². The van der Waals surface area contributed by atoms with E-state index in [-0.39, 0.29) is 22.9 Å². The number of thiophene rings is 1. The van der Waals surface area contributed by atoms with Crippen molar-refractivity contribution in [1.29, 1.82) is 0 Å². The minimum atomic E-state index is -3.59. The zero-order valence-corrected chi connectivity index (χ0v) is 18.4. The van der Waals surface area contributed by atoms with E-state index in [1.807, 2.05) is 24.3 Å². The highest BCUT2D eigenvalue weighted by atomic mass is 32.2. The van der Waals surface area contributed by atoms with Gasteiger partial charge < -0.3 is 10.1 Å². The number of hydrogen-bond donors (Lipinski definition) is 1. The van der Waals surface area contributed by atoms with E-state index in [0.29, 0.717) is 11.5 Å². The van der Waals surface area contributed by atoms with Crippen LogP contribution in [-0.4, -0.2) is 38.4 Å². The maximum Gasteiger partial charge on any atom is 0.341 e. The lowest BCUT2D eigenvalue weighted by atomic mass is 9.98. The maximum absolute atomic E-state index is 12.6. The Bertz CT molecular complexity index is 989. The van der Waals surface area contributed by atoms with Gasteiger partial charge in [0.15, 0.2) is 9.84 Å². The molecular formula is C21H25NO5S2. The number of ether oxygens (including phenoxy) is 1. The van der Waals surface area contributed by atoms with Gasteiger partial charge in [0, 0.05) is 10.9 Å². The fourth-order valence-corrected chi connectivity index (χ4v) is 4.64. The summed E-state index contributed by atoms with van der Waals surface area (Å²) in [6, 6.07) is 7.82. The number of nitrogens with one attached hydrogen (secondary N) is 1. The Kier molecular flexibility index (Phi) is 7.75. The van der Waals surface area contributed by atoms with Gasteiger partial charge >= 0.3 is 5.97 Å². The first-order valence-corrected chi connectivity index (χ1v) is 11.9. The summed E-state index contributed by atoms with van der Waals surface area (Å²) in [5, 5.41) is 4.57. The number of amides is 1. The Balaban J connectivity index is 2.37. The van der Waals surface area contributed by atoms with Crippen LogP contribution in [0.25, 0.3) is 11.1 Å². The van der Waals surface area contributed by atoms with E-state index in [0.717, 1.165) is 16.9 Å². The van der Waals surface area contributed by atoms with Gasteiger partial charge in [-0.3, -0.25) is 4.79 Å². The molecule has 29 heavy (non-hydrogen) atoms. The summed E-state index contributed by atoms with van der Waals surface area (Å²) in [6.07, 6.45) is 1.23. The van der Waals surface area contributed by atoms with Crippen molar-refractivity contribution in [1.82, 2.24) is 0 Å². The van der Waals surface area contributed by atoms with E-state index in [1.165, 1.54) is 11.6 Å². The van der Waals surface area contributed by atoms with Gasteiger partial charge in [-0.25, -0.2) is 13.2 Å². The molecular weight excluding hydrogens is 410 g/mol. The van der Waals surface area contributed by atoms with Crippen molar-refractivity contribution >= 4 is 38.1 Å². The third-order valence-corrected chi connectivity index (χ3v) is 6.48. The molecule has 2 rings (SSSR count). The van der Waals surface area contributed by atoms with E-state index in [9.17, 15) is 18.0 Å². The highest BCUT2D eigenvalue weighted by molar-refractivity contribution is 7.92. The Morgan fingerprint density at radius 1 is 1.24 bits per heavy atom. The number of carbonyl (C=O) groups excluding carboxylic acids is 2. The number of benzene rings is 1. The van der Waals surface area contributed by atoms with E-state index < -0.39 is 27.5 Å². The predicted molar refractivity (Wildman–Crippen MR) is 117 cm³/mol. The Morgan fingerprint density at radius 3 is 2.45 bits per heavy atom. The number of esters is 1. The summed E-state index contributed by atoms with van der Waals surface area (Å²) in [4.78, 5) is 24.8. The van der Waals surface area contributed by atoms with Gasteiger partial charge in [-0.2, -0.15) is 0 Å². The van der Waals surface area contributed by atoms with Gasteiger partial charge in [-0.1, -0.05) is 44.2 Å². The Morgan fingerprint density at radius 2 is 1.90 bits per heavy atom. The van der Waals surface area contributed by atoms with Gasteiger partial charge in [0.25, 0.3) is 0 Å². The van der Waals surface area contributed by atoms with E-state index in [2.05, 4.69) is 25.7 Å². The molecule has 1 amide bonds. The standard InChI is InChI=1S/C21H25NO5S2/c1-5-11-29(25,26)13-18(23)22-20-19(21(24)27-6-2)17(12-28-20)16-9-7-15(8-10-16)14(3)4/h5,7-10,12,14H,1,6,11,13H2,2-4H3,(H,22,23). The molecule has 0 radical (unpaired) electrons. The van der Waals surface area contributed by atoms with Gasteiger partial charge in [-0.15, -0.1) is 17.9 Å². The van der Waals surface area contributed by atoms with Gasteiger partial charge in [-0.05, 0) is 24.0 Å². The number of anilines is 1. The first-order chi connectivity index (χ1) is 13.7. The molecule has 0 aliphatic rings. The van der Waals surface area contributed by atoms with Crippen LogP contribution in [0.4, 0.5) is 5.00 Å². The molecule has 0 atom stereocenters. The molecule has 0 unspecified atom stereocenters. The number of rotatable bonds is 9. The largest absolute Gasteiger partial charge is 0.462 e. The fourth-order valence-electron chi connectivity index (χ4n) is 2.72. The number of hydrogen-bond acceptors (Lipinski definition) is 6. The molecule has 0 aliphatic heterocycles. The van der Waals surface area contributed by atoms with Crippen LogP contribution in [0.15, 0.2) is 42.3 Å². The molecule has 6 nitrogen and oxygen atoms in total. The van der Waals surface area contributed by atoms with Crippen LogP contribution >= 0.6 is 11.3 Å². The topological polar surface area (TPSA) is 89.5 Å². The Hall–Kier alpha value is -2.45. The zero-order valence-electron chi connectivity index (χ0n) is 16.7. The van der Waals surface area contributed by atoms with E-state index >= 15 is 0 Å². The minimum Gasteiger partial charge on any atom is -0.462 e. The molecule has 0 saturated carbocycles. The van der Waals surface area contributed by atoms with Gasteiger partial charge in [0.1, 0.15) is 16.3 Å². The van der Waals surface area contributed by atoms with Crippen molar-refractivity contribution in [2.24, 2.45) is 0 Å². The third kappa shape index (κ3) is 6.01. The highest BCUT2D eigenvalue weighted by Gasteiger charge is 2.24. The van der Waals surface area contributed by atoms with Crippen LogP contribution in [0.3, 0.4) is 0 Å². The highest BCUT2D eigenvalue weighted by Crippen LogP contribution is 2.36. The van der Waals surface area contributed by atoms with Crippen LogP contribution in [-0.2, 0) is 19.4 Å². The number of sulfone groups is 1. The first-order valence-electron chi connectivity index (χ1n) is 9.18. The second-order valence-electron chi connectivity index (χ2n) is 6.74. The van der Waals surface area contributed by atoms with Gasteiger partial charge in [0.05, 0.1) is 12.4 Å². The molecule has 2 aromatic rings. The Labute approximate surface area is 175 Å². The number of carbonyl (C=O) groups is 2. The fraction of sp³-hybridized carbons (Fsp3) is 0.333. The molecule has 1 heterocycles. The molecule has 8 heteroatoms. The quantitative estimate of drug-likeness (QED) is 0.470. The van der Waals surface area contributed by atoms with E-state index in [1.54, 1.807) is 12.3 Å². The predicted octanol–water partition coefficient (Wildman–Crippen LogP) is 4.25. The van der Waals surface area contributed by atoms with Crippen molar-refractivity contribution in [2.45, 2.75) is 26.7 Å². The molecule has 156 valence electrons. The van der Waals surface area contributed by atoms with Crippen molar-refractivity contribution < 1.29 is 22.7 Å². The summed E-state index contributed by atoms with van der Waals surface area (Å²) in [5.74, 6) is -1.87. The monoisotopic (exact) mass is 435 g/mol. The second-order valence-corrected chi connectivity index (χ2v) is 9.73. The average Bonchev–Trinajstić information content (AvgIpc) is 3.04. The normalized spacial score (nSPS) is 11.3. The molecule has 0 aliphatic carbocycles. The SMILES string of the molecule is C=CCS(=O)(=O)CC(=O)Nc1scc(-c2ccc(C(C)C)cc2)c1C(=O)OCC. The maximum atomic E-state index is 12.6. The summed E-state index contributed by atoms with van der Waals surface area (Å²) in [7, 11) is -3.59. The van der Waals surface area contributed by atoms with Crippen molar-refractivity contribution in [3.05, 3.63) is 53.4 Å². The second kappa shape index (κ2) is 9.84. The molecule has 0 saturated heterocycles. The van der Waals surface area contributed by atoms with Crippen LogP contribution in [0.1, 0.15) is 42.6 Å². The molecule has 1 aromatic carbocycles. The molecule has 0 spiro atoms. The zero-order chi connectivity index (χ0) is 21.6. The molecule has 1 aromatic heterocycles. The van der Waals surface area contributed by atoms with Crippen molar-refractivity contribution in [3.8, 4) is 11.1 Å². The molecule has 1 N–H and O–H groups in total. The summed E-state index contributed by atoms with van der Waals surface area (Å²) in [5.41, 5.74) is 2.84. The smallest absolute Gasteiger partial charge is 0.341 e. The summed E-state index contributed by atoms with van der Waals surface area (Å²) < 4.78 is 28.8. The first kappa shape index (κ1) is 22.8. The lowest BCUT2D eigenvalue weighted by Crippen LogP contribution is -2.24. The van der Waals surface area contributed by atoms with Crippen LogP contribution in [0.5, 0.6) is 0 Å². The lowest BCUT2D eigenvalue weighted by molar-refractivity contribution is -0.113. The minimum absolute atomic E-state index is 0.182. The van der Waals surface area contributed by atoms with E-state index in [4.69, 9.17) is 4.74 Å². The lowest BCUT2D eigenvalue weighted by Gasteiger charge is -2.10. The average molecular weight is 436 g/mol. The van der Waals surface area contributed by atoms with Crippen LogP contribution < -0.4 is 5.32 Å². The summed E-state index contributed by atoms with van der Waals surface area (Å²) in [6.45, 7) is 9.45. The summed E-state index contributed by atoms with van der Waals surface area (Å²) >= 11 is 1.16. The third-order valence-electron chi connectivity index (χ3n) is 4.13. The van der Waals surface area contributed by atoms with Crippen LogP contribution in [0, 0.1) is 0 Å². The molecule has 0 bridgehead atoms. The van der Waals surface area contributed by atoms with Crippen molar-refractivity contribution in [2.75, 3.05) is 23.4 Å². The van der Waals surface area contributed by atoms with Gasteiger partial charge in [0.2, 0.25) is 5.91 Å². The molecule has 0 fully saturated rings. The van der Waals surface area contributed by atoms with Crippen molar-refractivity contribution in [3.63, 3.8) is 0 Å².